The van der Waals surface area contributed by atoms with Crippen LogP contribution in [0.15, 0.2) is 53.0 Å². The zero-order chi connectivity index (χ0) is 13.8. The molecule has 0 unspecified atom stereocenters. The molecule has 1 atom stereocenters. The Morgan fingerprint density at radius 1 is 1.16 bits per heavy atom. The van der Waals surface area contributed by atoms with Gasteiger partial charge >= 0.3 is 0 Å². The SMILES string of the molecule is C[C@H](NC(=O)c1ccc(Br)cc1)c1ccccc1Cl. The van der Waals surface area contributed by atoms with Crippen molar-refractivity contribution in [2.75, 3.05) is 0 Å². The highest BCUT2D eigenvalue weighted by Gasteiger charge is 2.13. The highest BCUT2D eigenvalue weighted by Crippen LogP contribution is 2.22. The van der Waals surface area contributed by atoms with Gasteiger partial charge in [-0.1, -0.05) is 45.7 Å². The molecule has 2 aromatic carbocycles. The lowest BCUT2D eigenvalue weighted by molar-refractivity contribution is 0.0940. The molecule has 0 aromatic heterocycles. The van der Waals surface area contributed by atoms with E-state index in [1.54, 1.807) is 12.1 Å². The van der Waals surface area contributed by atoms with Crippen LogP contribution in [-0.4, -0.2) is 5.91 Å². The summed E-state index contributed by atoms with van der Waals surface area (Å²) < 4.78 is 0.947. The first-order chi connectivity index (χ1) is 9.08. The number of hydrogen-bond donors (Lipinski definition) is 1. The number of benzene rings is 2. The molecule has 0 aliphatic heterocycles. The zero-order valence-electron chi connectivity index (χ0n) is 10.4. The number of amides is 1. The number of rotatable bonds is 3. The molecule has 0 radical (unpaired) electrons. The Morgan fingerprint density at radius 2 is 1.79 bits per heavy atom. The molecule has 0 bridgehead atoms. The summed E-state index contributed by atoms with van der Waals surface area (Å²) in [6, 6.07) is 14.6. The molecule has 0 spiro atoms. The van der Waals surface area contributed by atoms with Crippen molar-refractivity contribution in [3.8, 4) is 0 Å². The van der Waals surface area contributed by atoms with E-state index in [4.69, 9.17) is 11.6 Å². The Bertz CT molecular complexity index is 583. The van der Waals surface area contributed by atoms with Crippen molar-refractivity contribution in [1.82, 2.24) is 5.32 Å². The van der Waals surface area contributed by atoms with Gasteiger partial charge in [-0.05, 0) is 42.8 Å². The predicted molar refractivity (Wildman–Crippen MR) is 81.5 cm³/mol. The summed E-state index contributed by atoms with van der Waals surface area (Å²) >= 11 is 9.45. The molecule has 0 saturated heterocycles. The van der Waals surface area contributed by atoms with Gasteiger partial charge in [-0.25, -0.2) is 0 Å². The number of nitrogens with one attached hydrogen (secondary N) is 1. The van der Waals surface area contributed by atoms with Crippen LogP contribution >= 0.6 is 27.5 Å². The maximum atomic E-state index is 12.1. The van der Waals surface area contributed by atoms with Crippen LogP contribution in [0.1, 0.15) is 28.9 Å². The second-order valence-electron chi connectivity index (χ2n) is 4.22. The molecule has 0 aliphatic carbocycles. The van der Waals surface area contributed by atoms with Crippen LogP contribution in [0.25, 0.3) is 0 Å². The molecule has 0 aliphatic rings. The van der Waals surface area contributed by atoms with Crippen molar-refractivity contribution in [1.29, 1.82) is 0 Å². The first-order valence-corrected chi connectivity index (χ1v) is 7.06. The summed E-state index contributed by atoms with van der Waals surface area (Å²) in [7, 11) is 0. The fraction of sp³-hybridized carbons (Fsp3) is 0.133. The lowest BCUT2D eigenvalue weighted by Gasteiger charge is -2.15. The van der Waals surface area contributed by atoms with Crippen molar-refractivity contribution < 1.29 is 4.79 Å². The molecule has 0 fully saturated rings. The van der Waals surface area contributed by atoms with Crippen LogP contribution in [0, 0.1) is 0 Å². The Balaban J connectivity index is 2.11. The van der Waals surface area contributed by atoms with Gasteiger partial charge in [-0.2, -0.15) is 0 Å². The second-order valence-corrected chi connectivity index (χ2v) is 5.55. The number of halogens is 2. The number of hydrogen-bond acceptors (Lipinski definition) is 1. The van der Waals surface area contributed by atoms with E-state index in [9.17, 15) is 4.79 Å². The Labute approximate surface area is 125 Å². The van der Waals surface area contributed by atoms with Crippen molar-refractivity contribution in [2.45, 2.75) is 13.0 Å². The summed E-state index contributed by atoms with van der Waals surface area (Å²) in [5.74, 6) is -0.111. The molecule has 2 aromatic rings. The predicted octanol–water partition coefficient (Wildman–Crippen LogP) is 4.59. The Morgan fingerprint density at radius 3 is 2.42 bits per heavy atom. The number of carbonyl (C=O) groups is 1. The van der Waals surface area contributed by atoms with Crippen LogP contribution in [0.5, 0.6) is 0 Å². The van der Waals surface area contributed by atoms with E-state index in [0.717, 1.165) is 10.0 Å². The molecule has 2 rings (SSSR count). The van der Waals surface area contributed by atoms with E-state index >= 15 is 0 Å². The van der Waals surface area contributed by atoms with Crippen molar-refractivity contribution >= 4 is 33.4 Å². The summed E-state index contributed by atoms with van der Waals surface area (Å²) in [6.07, 6.45) is 0. The Kier molecular flexibility index (Phi) is 4.61. The average molecular weight is 339 g/mol. The van der Waals surface area contributed by atoms with Crippen molar-refractivity contribution in [2.24, 2.45) is 0 Å². The minimum Gasteiger partial charge on any atom is -0.345 e. The fourth-order valence-electron chi connectivity index (χ4n) is 1.79. The minimum atomic E-state index is -0.134. The molecule has 4 heteroatoms. The van der Waals surface area contributed by atoms with Gasteiger partial charge in [-0.3, -0.25) is 4.79 Å². The normalized spacial score (nSPS) is 11.9. The van der Waals surface area contributed by atoms with Crippen LogP contribution < -0.4 is 5.32 Å². The monoisotopic (exact) mass is 337 g/mol. The topological polar surface area (TPSA) is 29.1 Å². The van der Waals surface area contributed by atoms with Crippen molar-refractivity contribution in [3.63, 3.8) is 0 Å². The highest BCUT2D eigenvalue weighted by molar-refractivity contribution is 9.10. The third-order valence-corrected chi connectivity index (χ3v) is 3.70. The molecular weight excluding hydrogens is 326 g/mol. The van der Waals surface area contributed by atoms with Crippen LogP contribution in [0.4, 0.5) is 0 Å². The molecule has 98 valence electrons. The van der Waals surface area contributed by atoms with E-state index < -0.39 is 0 Å². The lowest BCUT2D eigenvalue weighted by Crippen LogP contribution is -2.26. The smallest absolute Gasteiger partial charge is 0.251 e. The van der Waals surface area contributed by atoms with Crippen LogP contribution in [0.3, 0.4) is 0 Å². The van der Waals surface area contributed by atoms with Gasteiger partial charge < -0.3 is 5.32 Å². The van der Waals surface area contributed by atoms with E-state index in [0.29, 0.717) is 10.6 Å². The third kappa shape index (κ3) is 3.58. The van der Waals surface area contributed by atoms with E-state index in [2.05, 4.69) is 21.2 Å². The lowest BCUT2D eigenvalue weighted by atomic mass is 10.1. The van der Waals surface area contributed by atoms with E-state index in [1.165, 1.54) is 0 Å². The maximum Gasteiger partial charge on any atom is 0.251 e. The quantitative estimate of drug-likeness (QED) is 0.871. The molecule has 1 amide bonds. The second kappa shape index (κ2) is 6.22. The maximum absolute atomic E-state index is 12.1. The third-order valence-electron chi connectivity index (χ3n) is 2.83. The van der Waals surface area contributed by atoms with Gasteiger partial charge in [0, 0.05) is 15.1 Å². The van der Waals surface area contributed by atoms with Gasteiger partial charge in [0.05, 0.1) is 6.04 Å². The fourth-order valence-corrected chi connectivity index (χ4v) is 2.35. The Hall–Kier alpha value is -1.32. The molecular formula is C15H13BrClNO. The van der Waals surface area contributed by atoms with Crippen LogP contribution in [-0.2, 0) is 0 Å². The molecule has 0 saturated carbocycles. The van der Waals surface area contributed by atoms with E-state index in [-0.39, 0.29) is 11.9 Å². The van der Waals surface area contributed by atoms with Gasteiger partial charge in [0.1, 0.15) is 0 Å². The summed E-state index contributed by atoms with van der Waals surface area (Å²) in [4.78, 5) is 12.1. The highest BCUT2D eigenvalue weighted by atomic mass is 79.9. The standard InChI is InChI=1S/C15H13BrClNO/c1-10(13-4-2-3-5-14(13)17)18-15(19)11-6-8-12(16)9-7-11/h2-10H,1H3,(H,18,19)/t10-/m0/s1. The molecule has 1 N–H and O–H groups in total. The summed E-state index contributed by atoms with van der Waals surface area (Å²) in [5, 5.41) is 3.59. The minimum absolute atomic E-state index is 0.111. The van der Waals surface area contributed by atoms with E-state index in [1.807, 2.05) is 43.3 Å². The van der Waals surface area contributed by atoms with Crippen molar-refractivity contribution in [3.05, 3.63) is 69.2 Å². The number of carbonyl (C=O) groups excluding carboxylic acids is 1. The van der Waals surface area contributed by atoms with Gasteiger partial charge in [0.15, 0.2) is 0 Å². The van der Waals surface area contributed by atoms with Gasteiger partial charge in [-0.15, -0.1) is 0 Å². The van der Waals surface area contributed by atoms with Gasteiger partial charge in [0.2, 0.25) is 0 Å². The first-order valence-electron chi connectivity index (χ1n) is 5.89. The van der Waals surface area contributed by atoms with Crippen LogP contribution in [0.2, 0.25) is 5.02 Å². The molecule has 0 heterocycles. The first kappa shape index (κ1) is 14.1. The van der Waals surface area contributed by atoms with Gasteiger partial charge in [0.25, 0.3) is 5.91 Å². The summed E-state index contributed by atoms with van der Waals surface area (Å²) in [5.41, 5.74) is 1.54. The zero-order valence-corrected chi connectivity index (χ0v) is 12.7. The largest absolute Gasteiger partial charge is 0.345 e. The average Bonchev–Trinajstić information content (AvgIpc) is 2.39. The molecule has 19 heavy (non-hydrogen) atoms. The summed E-state index contributed by atoms with van der Waals surface area (Å²) in [6.45, 7) is 1.91. The molecule has 2 nitrogen and oxygen atoms in total.